The molecule has 7 nitrogen and oxygen atoms in total. The normalized spacial score (nSPS) is 19.2. The zero-order chi connectivity index (χ0) is 21.1. The Morgan fingerprint density at radius 2 is 1.87 bits per heavy atom. The number of benzene rings is 1. The van der Waals surface area contributed by atoms with E-state index in [1.165, 1.54) is 18.5 Å². The van der Waals surface area contributed by atoms with Crippen LogP contribution < -0.4 is 15.5 Å². The number of aryl methyl sites for hydroxylation is 2. The average Bonchev–Trinajstić information content (AvgIpc) is 3.05. The summed E-state index contributed by atoms with van der Waals surface area (Å²) in [6.45, 7) is 3.99. The van der Waals surface area contributed by atoms with Gasteiger partial charge in [0.2, 0.25) is 5.95 Å². The van der Waals surface area contributed by atoms with E-state index in [2.05, 4.69) is 38.8 Å². The summed E-state index contributed by atoms with van der Waals surface area (Å²) < 4.78 is 1.97. The molecule has 2 heterocycles. The Kier molecular flexibility index (Phi) is 6.18. The molecule has 2 N–H and O–H groups in total. The number of hydrogen-bond acceptors (Lipinski definition) is 6. The standard InChI is InChI=1S/C23H33N7/c1-16-13-19(30(4)28-16)15-24-14-17-9-11-18(12-10-17)25-23-26-21-8-6-5-7-20(21)22(27-23)29(2)3/h5-8,13,17-18,24H,9-12,14-15H2,1-4H3,(H,25,26,27). The Hall–Kier alpha value is -2.67. The predicted molar refractivity (Wildman–Crippen MR) is 123 cm³/mol. The molecule has 7 heteroatoms. The molecule has 0 atom stereocenters. The minimum absolute atomic E-state index is 0.442. The van der Waals surface area contributed by atoms with Crippen LogP contribution in [0.3, 0.4) is 0 Å². The van der Waals surface area contributed by atoms with Crippen LogP contribution in [0, 0.1) is 12.8 Å². The highest BCUT2D eigenvalue weighted by atomic mass is 15.3. The van der Waals surface area contributed by atoms with E-state index in [0.717, 1.165) is 60.2 Å². The van der Waals surface area contributed by atoms with Gasteiger partial charge in [-0.2, -0.15) is 10.1 Å². The number of fused-ring (bicyclic) bond motifs is 1. The molecule has 0 radical (unpaired) electrons. The van der Waals surface area contributed by atoms with Gasteiger partial charge in [0.25, 0.3) is 0 Å². The highest BCUT2D eigenvalue weighted by molar-refractivity contribution is 5.90. The molecule has 0 saturated heterocycles. The Bertz CT molecular complexity index is 986. The van der Waals surface area contributed by atoms with Crippen LogP contribution >= 0.6 is 0 Å². The number of rotatable bonds is 7. The number of nitrogens with zero attached hydrogens (tertiary/aromatic N) is 5. The molecule has 1 saturated carbocycles. The Labute approximate surface area is 178 Å². The van der Waals surface area contributed by atoms with E-state index in [9.17, 15) is 0 Å². The van der Waals surface area contributed by atoms with Gasteiger partial charge >= 0.3 is 0 Å². The van der Waals surface area contributed by atoms with E-state index in [4.69, 9.17) is 9.97 Å². The van der Waals surface area contributed by atoms with Gasteiger partial charge in [-0.25, -0.2) is 4.98 Å². The molecular weight excluding hydrogens is 374 g/mol. The van der Waals surface area contributed by atoms with Crippen molar-refractivity contribution in [2.24, 2.45) is 13.0 Å². The number of para-hydroxylation sites is 1. The zero-order valence-electron chi connectivity index (χ0n) is 18.5. The van der Waals surface area contributed by atoms with Crippen molar-refractivity contribution in [3.63, 3.8) is 0 Å². The molecular formula is C23H33N7. The number of nitrogens with one attached hydrogen (secondary N) is 2. The maximum atomic E-state index is 4.79. The Morgan fingerprint density at radius 3 is 2.57 bits per heavy atom. The molecule has 4 rings (SSSR count). The van der Waals surface area contributed by atoms with Gasteiger partial charge in [-0.15, -0.1) is 0 Å². The highest BCUT2D eigenvalue weighted by Gasteiger charge is 2.22. The monoisotopic (exact) mass is 407 g/mol. The van der Waals surface area contributed by atoms with Crippen LogP contribution in [0.25, 0.3) is 10.9 Å². The lowest BCUT2D eigenvalue weighted by Gasteiger charge is -2.29. The molecule has 0 bridgehead atoms. The van der Waals surface area contributed by atoms with Crippen molar-refractivity contribution >= 4 is 22.7 Å². The fourth-order valence-electron chi connectivity index (χ4n) is 4.39. The highest BCUT2D eigenvalue weighted by Crippen LogP contribution is 2.28. The largest absolute Gasteiger partial charge is 0.362 e. The molecule has 2 aromatic heterocycles. The van der Waals surface area contributed by atoms with E-state index in [0.29, 0.717) is 6.04 Å². The molecule has 0 spiro atoms. The van der Waals surface area contributed by atoms with Gasteiger partial charge in [0.15, 0.2) is 0 Å². The van der Waals surface area contributed by atoms with E-state index >= 15 is 0 Å². The molecule has 0 aliphatic heterocycles. The first-order chi connectivity index (χ1) is 14.5. The summed E-state index contributed by atoms with van der Waals surface area (Å²) in [6, 6.07) is 10.8. The van der Waals surface area contributed by atoms with Crippen molar-refractivity contribution in [2.75, 3.05) is 30.9 Å². The fraction of sp³-hybridized carbons (Fsp3) is 0.522. The summed E-state index contributed by atoms with van der Waals surface area (Å²) in [6.07, 6.45) is 4.77. The lowest BCUT2D eigenvalue weighted by Crippen LogP contribution is -2.32. The van der Waals surface area contributed by atoms with Crippen molar-refractivity contribution in [2.45, 2.75) is 45.2 Å². The quantitative estimate of drug-likeness (QED) is 0.625. The number of anilines is 2. The van der Waals surface area contributed by atoms with Gasteiger partial charge in [0, 0.05) is 39.1 Å². The Balaban J connectivity index is 1.30. The van der Waals surface area contributed by atoms with Crippen LogP contribution in [0.4, 0.5) is 11.8 Å². The zero-order valence-corrected chi connectivity index (χ0v) is 18.5. The van der Waals surface area contributed by atoms with E-state index in [-0.39, 0.29) is 0 Å². The van der Waals surface area contributed by atoms with E-state index in [1.807, 2.05) is 44.9 Å². The van der Waals surface area contributed by atoms with E-state index in [1.54, 1.807) is 0 Å². The van der Waals surface area contributed by atoms with Crippen molar-refractivity contribution in [3.05, 3.63) is 41.7 Å². The predicted octanol–water partition coefficient (Wildman–Crippen LogP) is 3.50. The number of aromatic nitrogens is 4. The second-order valence-electron chi connectivity index (χ2n) is 8.68. The third kappa shape index (κ3) is 4.73. The van der Waals surface area contributed by atoms with Crippen molar-refractivity contribution in [1.82, 2.24) is 25.1 Å². The second kappa shape index (κ2) is 9.00. The summed E-state index contributed by atoms with van der Waals surface area (Å²) in [5.74, 6) is 2.43. The van der Waals surface area contributed by atoms with Crippen LogP contribution in [-0.2, 0) is 13.6 Å². The first kappa shape index (κ1) is 20.6. The fourth-order valence-corrected chi connectivity index (χ4v) is 4.39. The van der Waals surface area contributed by atoms with Crippen molar-refractivity contribution in [3.8, 4) is 0 Å². The summed E-state index contributed by atoms with van der Waals surface area (Å²) in [4.78, 5) is 11.6. The molecule has 0 amide bonds. The van der Waals surface area contributed by atoms with Crippen LogP contribution in [-0.4, -0.2) is 46.4 Å². The molecule has 0 unspecified atom stereocenters. The molecule has 1 fully saturated rings. The molecule has 1 aliphatic carbocycles. The third-order valence-corrected chi connectivity index (χ3v) is 6.02. The molecule has 3 aromatic rings. The van der Waals surface area contributed by atoms with Crippen molar-refractivity contribution < 1.29 is 0 Å². The second-order valence-corrected chi connectivity index (χ2v) is 8.68. The summed E-state index contributed by atoms with van der Waals surface area (Å²) in [7, 11) is 6.07. The molecule has 1 aromatic carbocycles. The van der Waals surface area contributed by atoms with Gasteiger partial charge in [-0.1, -0.05) is 12.1 Å². The lowest BCUT2D eigenvalue weighted by atomic mass is 9.86. The van der Waals surface area contributed by atoms with Gasteiger partial charge in [-0.05, 0) is 63.3 Å². The maximum Gasteiger partial charge on any atom is 0.225 e. The Morgan fingerprint density at radius 1 is 1.10 bits per heavy atom. The van der Waals surface area contributed by atoms with Crippen LogP contribution in [0.1, 0.15) is 37.1 Å². The lowest BCUT2D eigenvalue weighted by molar-refractivity contribution is 0.323. The van der Waals surface area contributed by atoms with Crippen LogP contribution in [0.5, 0.6) is 0 Å². The van der Waals surface area contributed by atoms with Crippen molar-refractivity contribution in [1.29, 1.82) is 0 Å². The number of hydrogen-bond donors (Lipinski definition) is 2. The first-order valence-corrected chi connectivity index (χ1v) is 10.9. The summed E-state index contributed by atoms with van der Waals surface area (Å²) >= 11 is 0. The van der Waals surface area contributed by atoms with Gasteiger partial charge in [0.1, 0.15) is 5.82 Å². The molecule has 30 heavy (non-hydrogen) atoms. The van der Waals surface area contributed by atoms with E-state index < -0.39 is 0 Å². The minimum Gasteiger partial charge on any atom is -0.362 e. The van der Waals surface area contributed by atoms with Gasteiger partial charge in [0.05, 0.1) is 16.9 Å². The minimum atomic E-state index is 0.442. The molecule has 160 valence electrons. The SMILES string of the molecule is Cc1cc(CNCC2CCC(Nc3nc(N(C)C)c4ccccc4n3)CC2)n(C)n1. The molecule has 1 aliphatic rings. The topological polar surface area (TPSA) is 70.9 Å². The average molecular weight is 408 g/mol. The van der Waals surface area contributed by atoms with Crippen LogP contribution in [0.2, 0.25) is 0 Å². The van der Waals surface area contributed by atoms with Crippen LogP contribution in [0.15, 0.2) is 30.3 Å². The first-order valence-electron chi connectivity index (χ1n) is 10.9. The smallest absolute Gasteiger partial charge is 0.225 e. The summed E-state index contributed by atoms with van der Waals surface area (Å²) in [5.41, 5.74) is 3.31. The maximum absolute atomic E-state index is 4.79. The van der Waals surface area contributed by atoms with Gasteiger partial charge < -0.3 is 15.5 Å². The summed E-state index contributed by atoms with van der Waals surface area (Å²) in [5, 5.41) is 12.7. The van der Waals surface area contributed by atoms with Gasteiger partial charge in [-0.3, -0.25) is 4.68 Å². The third-order valence-electron chi connectivity index (χ3n) is 6.02.